The molecule has 0 amide bonds. The molecule has 0 aliphatic rings. The van der Waals surface area contributed by atoms with E-state index in [4.69, 9.17) is 0 Å². The number of aryl methyl sites for hydroxylation is 1. The summed E-state index contributed by atoms with van der Waals surface area (Å²) in [6.45, 7) is 0. The molecule has 0 aliphatic heterocycles. The number of H-pyrrole nitrogens is 1. The summed E-state index contributed by atoms with van der Waals surface area (Å²) >= 11 is -0.164. The van der Waals surface area contributed by atoms with Crippen LogP contribution in [0.4, 0.5) is 13.2 Å². The minimum absolute atomic E-state index is 0.0773. The van der Waals surface area contributed by atoms with Crippen LogP contribution in [0.5, 0.6) is 0 Å². The van der Waals surface area contributed by atoms with Gasteiger partial charge in [0.05, 0.1) is 5.52 Å². The summed E-state index contributed by atoms with van der Waals surface area (Å²) in [5, 5.41) is 4.17. The number of thioether (sulfide) groups is 1. The summed E-state index contributed by atoms with van der Waals surface area (Å²) in [5.41, 5.74) is -2.89. The Morgan fingerprint density at radius 1 is 1.25 bits per heavy atom. The van der Waals surface area contributed by atoms with Gasteiger partial charge in [-0.3, -0.25) is 4.68 Å². The van der Waals surface area contributed by atoms with Crippen molar-refractivity contribution in [1.82, 2.24) is 19.7 Å². The zero-order valence-electron chi connectivity index (χ0n) is 10.3. The molecule has 2 heterocycles. The second-order valence-electron chi connectivity index (χ2n) is 4.16. The van der Waals surface area contributed by atoms with E-state index in [1.54, 1.807) is 36.1 Å². The minimum atomic E-state index is -4.33. The van der Waals surface area contributed by atoms with Gasteiger partial charge in [-0.15, -0.1) is 0 Å². The Bertz CT molecular complexity index is 759. The van der Waals surface area contributed by atoms with Crippen LogP contribution in [-0.2, 0) is 7.05 Å². The molecule has 1 N–H and O–H groups in total. The number of hydrogen-bond donors (Lipinski definition) is 1. The van der Waals surface area contributed by atoms with Crippen molar-refractivity contribution in [2.45, 2.75) is 10.4 Å². The molecule has 0 saturated carbocycles. The molecule has 8 heteroatoms. The summed E-state index contributed by atoms with van der Waals surface area (Å²) in [5.74, 6) is 0.454. The van der Waals surface area contributed by atoms with Gasteiger partial charge in [0.25, 0.3) is 0 Å². The first-order valence-corrected chi connectivity index (χ1v) is 6.48. The number of nitrogens with one attached hydrogen (secondary N) is 1. The number of nitrogens with zero attached hydrogens (tertiary/aromatic N) is 3. The van der Waals surface area contributed by atoms with Gasteiger partial charge in [0.1, 0.15) is 11.2 Å². The van der Waals surface area contributed by atoms with Gasteiger partial charge in [-0.1, -0.05) is 6.07 Å². The maximum atomic E-state index is 12.5. The normalized spacial score (nSPS) is 12.2. The Morgan fingerprint density at radius 2 is 2.05 bits per heavy atom. The van der Waals surface area contributed by atoms with Crippen LogP contribution in [0.3, 0.4) is 0 Å². The molecule has 0 atom stereocenters. The Kier molecular flexibility index (Phi) is 2.97. The molecule has 104 valence electrons. The number of alkyl halides is 3. The summed E-state index contributed by atoms with van der Waals surface area (Å²) in [6.07, 6.45) is 1.74. The van der Waals surface area contributed by atoms with E-state index in [-0.39, 0.29) is 16.7 Å². The average Bonchev–Trinajstić information content (AvgIpc) is 2.93. The van der Waals surface area contributed by atoms with E-state index >= 15 is 0 Å². The molecule has 1 aromatic carbocycles. The number of aromatic nitrogens is 4. The number of fused-ring (bicyclic) bond motifs is 1. The third kappa shape index (κ3) is 2.51. The van der Waals surface area contributed by atoms with Gasteiger partial charge in [-0.05, 0) is 30.0 Å². The van der Waals surface area contributed by atoms with Crippen molar-refractivity contribution in [2.75, 3.05) is 0 Å². The topological polar surface area (TPSA) is 46.5 Å². The van der Waals surface area contributed by atoms with Crippen LogP contribution in [0.25, 0.3) is 22.6 Å². The summed E-state index contributed by atoms with van der Waals surface area (Å²) in [7, 11) is 1.76. The number of aromatic amines is 1. The first kappa shape index (κ1) is 13.0. The number of benzene rings is 1. The van der Waals surface area contributed by atoms with Crippen molar-refractivity contribution < 1.29 is 13.2 Å². The molecule has 0 spiro atoms. The molecule has 0 saturated heterocycles. The molecule has 4 nitrogen and oxygen atoms in total. The van der Waals surface area contributed by atoms with Crippen molar-refractivity contribution in [1.29, 1.82) is 0 Å². The van der Waals surface area contributed by atoms with E-state index < -0.39 is 5.51 Å². The second-order valence-corrected chi connectivity index (χ2v) is 5.27. The van der Waals surface area contributed by atoms with Crippen LogP contribution in [0, 0.1) is 0 Å². The Hall–Kier alpha value is -1.96. The van der Waals surface area contributed by atoms with Crippen molar-refractivity contribution in [2.24, 2.45) is 7.05 Å². The molecular formula is C12H9F3N4S. The quantitative estimate of drug-likeness (QED) is 0.736. The van der Waals surface area contributed by atoms with Crippen LogP contribution in [0.2, 0.25) is 0 Å². The van der Waals surface area contributed by atoms with E-state index in [1.807, 2.05) is 0 Å². The van der Waals surface area contributed by atoms with Crippen LogP contribution in [0.1, 0.15) is 0 Å². The fourth-order valence-electron chi connectivity index (χ4n) is 1.88. The number of rotatable bonds is 2. The Labute approximate surface area is 116 Å². The van der Waals surface area contributed by atoms with Gasteiger partial charge in [0, 0.05) is 18.1 Å². The van der Waals surface area contributed by atoms with Gasteiger partial charge in [0.15, 0.2) is 5.82 Å². The van der Waals surface area contributed by atoms with E-state index in [0.29, 0.717) is 22.6 Å². The monoisotopic (exact) mass is 298 g/mol. The number of hydrogen-bond acceptors (Lipinski definition) is 3. The fourth-order valence-corrected chi connectivity index (χ4v) is 2.52. The van der Waals surface area contributed by atoms with Crippen molar-refractivity contribution >= 4 is 22.8 Å². The molecule has 0 aliphatic carbocycles. The van der Waals surface area contributed by atoms with Crippen molar-refractivity contribution in [3.63, 3.8) is 0 Å². The van der Waals surface area contributed by atoms with Gasteiger partial charge >= 0.3 is 5.51 Å². The Balaban J connectivity index is 2.09. The lowest BCUT2D eigenvalue weighted by Crippen LogP contribution is -1.99. The Morgan fingerprint density at radius 3 is 2.70 bits per heavy atom. The standard InChI is InChI=1S/C12H9F3N4S/c1-19-6-5-8(18-19)11-16-7-3-2-4-9(10(7)17-11)20-12(13,14)15/h2-6H,1H3,(H,16,17). The zero-order chi connectivity index (χ0) is 14.3. The highest BCUT2D eigenvalue weighted by Crippen LogP contribution is 2.39. The summed E-state index contributed by atoms with van der Waals surface area (Å²) in [4.78, 5) is 7.29. The van der Waals surface area contributed by atoms with Crippen LogP contribution in [-0.4, -0.2) is 25.3 Å². The predicted octanol–water partition coefficient (Wildman–Crippen LogP) is 3.58. The molecule has 3 aromatic rings. The smallest absolute Gasteiger partial charge is 0.337 e. The first-order chi connectivity index (χ1) is 9.42. The molecule has 0 radical (unpaired) electrons. The van der Waals surface area contributed by atoms with Crippen LogP contribution in [0.15, 0.2) is 35.4 Å². The number of imidazole rings is 1. The maximum Gasteiger partial charge on any atom is 0.446 e. The lowest BCUT2D eigenvalue weighted by Gasteiger charge is -2.05. The SMILES string of the molecule is Cn1ccc(-c2nc3c(SC(F)(F)F)cccc3[nH]2)n1. The van der Waals surface area contributed by atoms with Crippen molar-refractivity contribution in [3.8, 4) is 11.5 Å². The second kappa shape index (κ2) is 4.55. The molecule has 2 aromatic heterocycles. The van der Waals surface area contributed by atoms with Gasteiger partial charge < -0.3 is 4.98 Å². The molecular weight excluding hydrogens is 289 g/mol. The molecule has 0 unspecified atom stereocenters. The molecule has 3 rings (SSSR count). The van der Waals surface area contributed by atoms with E-state index in [2.05, 4.69) is 15.1 Å². The molecule has 0 fully saturated rings. The summed E-state index contributed by atoms with van der Waals surface area (Å²) < 4.78 is 39.1. The molecule has 0 bridgehead atoms. The lowest BCUT2D eigenvalue weighted by atomic mass is 10.3. The first-order valence-electron chi connectivity index (χ1n) is 5.67. The predicted molar refractivity (Wildman–Crippen MR) is 70.2 cm³/mol. The van der Waals surface area contributed by atoms with Gasteiger partial charge in [0.2, 0.25) is 0 Å². The van der Waals surface area contributed by atoms with E-state index in [9.17, 15) is 13.2 Å². The lowest BCUT2D eigenvalue weighted by molar-refractivity contribution is -0.0327. The third-order valence-electron chi connectivity index (χ3n) is 2.66. The number of halogens is 3. The summed E-state index contributed by atoms with van der Waals surface area (Å²) in [6, 6.07) is 6.41. The highest BCUT2D eigenvalue weighted by atomic mass is 32.2. The number of para-hydroxylation sites is 1. The zero-order valence-corrected chi connectivity index (χ0v) is 11.1. The highest BCUT2D eigenvalue weighted by molar-refractivity contribution is 8.00. The van der Waals surface area contributed by atoms with Crippen LogP contribution < -0.4 is 0 Å². The van der Waals surface area contributed by atoms with Gasteiger partial charge in [-0.2, -0.15) is 18.3 Å². The fraction of sp³-hybridized carbons (Fsp3) is 0.167. The minimum Gasteiger partial charge on any atom is -0.337 e. The van der Waals surface area contributed by atoms with E-state index in [0.717, 1.165) is 0 Å². The third-order valence-corrected chi connectivity index (χ3v) is 3.44. The molecule has 20 heavy (non-hydrogen) atoms. The van der Waals surface area contributed by atoms with Crippen LogP contribution >= 0.6 is 11.8 Å². The highest BCUT2D eigenvalue weighted by Gasteiger charge is 2.30. The average molecular weight is 298 g/mol. The van der Waals surface area contributed by atoms with Gasteiger partial charge in [-0.25, -0.2) is 4.98 Å². The maximum absolute atomic E-state index is 12.5. The van der Waals surface area contributed by atoms with Crippen molar-refractivity contribution in [3.05, 3.63) is 30.5 Å². The largest absolute Gasteiger partial charge is 0.446 e. The van der Waals surface area contributed by atoms with E-state index in [1.165, 1.54) is 6.07 Å².